The molecule has 2 aliphatic heterocycles. The summed E-state index contributed by atoms with van der Waals surface area (Å²) < 4.78 is 78.1. The first-order chi connectivity index (χ1) is 20.8. The first-order valence-electron chi connectivity index (χ1n) is 15.1. The average molecular weight is 655 g/mol. The molecule has 12 heteroatoms. The van der Waals surface area contributed by atoms with Gasteiger partial charge in [0.15, 0.2) is 5.60 Å². The third kappa shape index (κ3) is 6.74. The standard InChI is InChI=1S/C32H38ClF3N2O5S/c1-2-26-8-3-5-15-31(40,32(34,35)36)27-13-10-23(27)19-38-16-6-4-7-21-17-25(33)12-9-24(21)20-43-29-14-11-22(18-28(29)38)30(39)37-44(26,41)42/h5,9,11-12,14-15,17-18,23,26-27,40H,2-4,6-8,10,13,16,19-20H2,1H3,(H,37,39)/b15-5-/t23-,26+,27+,31-/m0/s1. The highest BCUT2D eigenvalue weighted by molar-refractivity contribution is 7.90. The van der Waals surface area contributed by atoms with E-state index in [0.29, 0.717) is 35.8 Å². The van der Waals surface area contributed by atoms with Crippen LogP contribution < -0.4 is 14.4 Å². The van der Waals surface area contributed by atoms with Crippen LogP contribution in [0.1, 0.15) is 73.4 Å². The number of hydrogen-bond acceptors (Lipinski definition) is 6. The lowest BCUT2D eigenvalue weighted by molar-refractivity contribution is -0.273. The summed E-state index contributed by atoms with van der Waals surface area (Å²) in [5.41, 5.74) is -0.461. The highest BCUT2D eigenvalue weighted by atomic mass is 35.5. The summed E-state index contributed by atoms with van der Waals surface area (Å²) in [6.07, 6.45) is 0.174. The molecule has 0 radical (unpaired) electrons. The zero-order valence-corrected chi connectivity index (χ0v) is 26.1. The summed E-state index contributed by atoms with van der Waals surface area (Å²) >= 11 is 6.26. The van der Waals surface area contributed by atoms with Gasteiger partial charge in [0.05, 0.1) is 10.9 Å². The summed E-state index contributed by atoms with van der Waals surface area (Å²) in [6.45, 7) is 2.50. The molecular formula is C32H38ClF3N2O5S. The minimum atomic E-state index is -4.91. The van der Waals surface area contributed by atoms with Crippen molar-refractivity contribution in [1.29, 1.82) is 0 Å². The molecule has 2 aromatic carbocycles. The summed E-state index contributed by atoms with van der Waals surface area (Å²) in [4.78, 5) is 15.2. The summed E-state index contributed by atoms with van der Waals surface area (Å²) in [5.74, 6) is -1.91. The van der Waals surface area contributed by atoms with Crippen LogP contribution in [0.5, 0.6) is 5.75 Å². The fourth-order valence-corrected chi connectivity index (χ4v) is 8.18. The van der Waals surface area contributed by atoms with Gasteiger partial charge in [0.1, 0.15) is 12.4 Å². The van der Waals surface area contributed by atoms with Crippen LogP contribution in [0, 0.1) is 11.8 Å². The van der Waals surface area contributed by atoms with Gasteiger partial charge in [-0.1, -0.05) is 30.7 Å². The number of aliphatic hydroxyl groups is 1. The number of rotatable bonds is 1. The summed E-state index contributed by atoms with van der Waals surface area (Å²) in [7, 11) is -4.14. The van der Waals surface area contributed by atoms with E-state index in [0.717, 1.165) is 30.0 Å². The maximum atomic E-state index is 14.4. The summed E-state index contributed by atoms with van der Waals surface area (Å²) in [6, 6.07) is 10.2. The highest BCUT2D eigenvalue weighted by Crippen LogP contribution is 2.50. The number of hydrogen-bond donors (Lipinski definition) is 2. The molecule has 240 valence electrons. The van der Waals surface area contributed by atoms with Crippen molar-refractivity contribution in [3.8, 4) is 5.75 Å². The van der Waals surface area contributed by atoms with Crippen molar-refractivity contribution in [2.75, 3.05) is 18.0 Å². The number of benzene rings is 2. The minimum Gasteiger partial charge on any atom is -0.487 e. The second-order valence-electron chi connectivity index (χ2n) is 12.0. The van der Waals surface area contributed by atoms with Gasteiger partial charge in [0.25, 0.3) is 5.91 Å². The molecule has 2 heterocycles. The van der Waals surface area contributed by atoms with Gasteiger partial charge < -0.3 is 14.7 Å². The Morgan fingerprint density at radius 2 is 1.91 bits per heavy atom. The van der Waals surface area contributed by atoms with Crippen LogP contribution in [0.2, 0.25) is 5.02 Å². The molecule has 7 nitrogen and oxygen atoms in total. The molecule has 0 saturated heterocycles. The van der Waals surface area contributed by atoms with Gasteiger partial charge >= 0.3 is 6.18 Å². The highest BCUT2D eigenvalue weighted by Gasteiger charge is 2.61. The molecule has 2 bridgehead atoms. The zero-order valence-electron chi connectivity index (χ0n) is 24.6. The smallest absolute Gasteiger partial charge is 0.421 e. The number of fused-ring (bicyclic) bond motifs is 3. The van der Waals surface area contributed by atoms with Crippen LogP contribution in [0.25, 0.3) is 0 Å². The van der Waals surface area contributed by atoms with E-state index in [-0.39, 0.29) is 44.4 Å². The molecule has 3 aliphatic rings. The Hall–Kier alpha value is -2.76. The number of aryl methyl sites for hydroxylation is 1. The van der Waals surface area contributed by atoms with Crippen LogP contribution in [0.15, 0.2) is 48.6 Å². The van der Waals surface area contributed by atoms with Gasteiger partial charge in [-0.3, -0.25) is 4.79 Å². The van der Waals surface area contributed by atoms with Crippen molar-refractivity contribution in [2.24, 2.45) is 11.8 Å². The van der Waals surface area contributed by atoms with Crippen molar-refractivity contribution in [2.45, 2.75) is 81.9 Å². The van der Waals surface area contributed by atoms with Crippen LogP contribution in [0.4, 0.5) is 18.9 Å². The van der Waals surface area contributed by atoms with E-state index in [1.54, 1.807) is 25.1 Å². The minimum absolute atomic E-state index is 0.000701. The lowest BCUT2D eigenvalue weighted by Crippen LogP contribution is -2.57. The van der Waals surface area contributed by atoms with E-state index < -0.39 is 44.8 Å². The molecule has 1 amide bonds. The number of ether oxygens (including phenoxy) is 1. The van der Waals surface area contributed by atoms with Crippen molar-refractivity contribution in [1.82, 2.24) is 4.72 Å². The second kappa shape index (κ2) is 12.9. The molecule has 1 aliphatic carbocycles. The van der Waals surface area contributed by atoms with Gasteiger partial charge in [-0.2, -0.15) is 13.2 Å². The normalized spacial score (nSPS) is 28.6. The Morgan fingerprint density at radius 3 is 2.61 bits per heavy atom. The van der Waals surface area contributed by atoms with E-state index in [9.17, 15) is 31.5 Å². The maximum absolute atomic E-state index is 14.4. The first-order valence-corrected chi connectivity index (χ1v) is 17.1. The number of carbonyl (C=O) groups is 1. The number of amides is 1. The SMILES string of the molecule is CC[C@@H]1CC/C=C\[C@@](O)(C(F)(F)F)[C@@H]2CC[C@H]2CN2CCCCc3cc(Cl)ccc3COc3ccc(cc32)C(=O)NS1(=O)=O. The molecule has 5 rings (SSSR count). The number of alkyl halides is 3. The quantitative estimate of drug-likeness (QED) is 0.338. The molecule has 2 aromatic rings. The zero-order chi connectivity index (χ0) is 31.7. The van der Waals surface area contributed by atoms with E-state index in [1.165, 1.54) is 12.1 Å². The number of sulfonamides is 1. The number of carbonyl (C=O) groups excluding carboxylic acids is 1. The lowest BCUT2D eigenvalue weighted by atomic mass is 9.64. The number of halogens is 4. The molecule has 1 fully saturated rings. The van der Waals surface area contributed by atoms with Crippen molar-refractivity contribution >= 4 is 33.2 Å². The molecule has 2 N–H and O–H groups in total. The molecule has 0 spiro atoms. The van der Waals surface area contributed by atoms with Crippen molar-refractivity contribution < 1.29 is 36.2 Å². The van der Waals surface area contributed by atoms with Gasteiger partial charge in [-0.15, -0.1) is 0 Å². The third-order valence-electron chi connectivity index (χ3n) is 9.29. The Balaban J connectivity index is 1.58. The molecule has 4 atom stereocenters. The Kier molecular flexibility index (Phi) is 9.58. The Morgan fingerprint density at radius 1 is 1.11 bits per heavy atom. The lowest BCUT2D eigenvalue weighted by Gasteiger charge is -2.48. The monoisotopic (exact) mass is 654 g/mol. The van der Waals surface area contributed by atoms with Crippen LogP contribution in [-0.4, -0.2) is 49.5 Å². The fraction of sp³-hybridized carbons (Fsp3) is 0.531. The van der Waals surface area contributed by atoms with Crippen LogP contribution in [0.3, 0.4) is 0 Å². The Labute approximate surface area is 261 Å². The van der Waals surface area contributed by atoms with E-state index >= 15 is 0 Å². The molecular weight excluding hydrogens is 617 g/mol. The summed E-state index contributed by atoms with van der Waals surface area (Å²) in [5, 5.41) is 10.7. The van der Waals surface area contributed by atoms with E-state index in [2.05, 4.69) is 4.72 Å². The first kappa shape index (κ1) is 32.6. The Bertz CT molecular complexity index is 1520. The third-order valence-corrected chi connectivity index (χ3v) is 11.4. The fourth-order valence-electron chi connectivity index (χ4n) is 6.55. The molecule has 0 aromatic heterocycles. The average Bonchev–Trinajstić information content (AvgIpc) is 2.97. The number of allylic oxidation sites excluding steroid dienone is 1. The van der Waals surface area contributed by atoms with E-state index in [1.807, 2.05) is 17.0 Å². The molecule has 1 saturated carbocycles. The van der Waals surface area contributed by atoms with Crippen LogP contribution >= 0.6 is 11.6 Å². The molecule has 0 unspecified atom stereocenters. The van der Waals surface area contributed by atoms with Gasteiger partial charge in [0.2, 0.25) is 10.0 Å². The van der Waals surface area contributed by atoms with Gasteiger partial charge in [0, 0.05) is 29.6 Å². The largest absolute Gasteiger partial charge is 0.487 e. The van der Waals surface area contributed by atoms with Crippen molar-refractivity contribution in [3.63, 3.8) is 0 Å². The van der Waals surface area contributed by atoms with Gasteiger partial charge in [-0.25, -0.2) is 13.1 Å². The number of nitrogens with one attached hydrogen (secondary N) is 1. The second-order valence-corrected chi connectivity index (χ2v) is 14.4. The maximum Gasteiger partial charge on any atom is 0.421 e. The number of anilines is 1. The predicted molar refractivity (Wildman–Crippen MR) is 163 cm³/mol. The number of nitrogens with zero attached hydrogens (tertiary/aromatic N) is 1. The van der Waals surface area contributed by atoms with Crippen LogP contribution in [-0.2, 0) is 23.1 Å². The van der Waals surface area contributed by atoms with Gasteiger partial charge in [-0.05, 0) is 105 Å². The topological polar surface area (TPSA) is 95.9 Å². The van der Waals surface area contributed by atoms with Crippen molar-refractivity contribution in [3.05, 3.63) is 70.3 Å². The molecule has 44 heavy (non-hydrogen) atoms. The predicted octanol–water partition coefficient (Wildman–Crippen LogP) is 6.57. The van der Waals surface area contributed by atoms with E-state index in [4.69, 9.17) is 16.3 Å².